The minimum Gasteiger partial charge on any atom is -0.351 e. The van der Waals surface area contributed by atoms with Crippen molar-refractivity contribution >= 4 is 35.0 Å². The van der Waals surface area contributed by atoms with Gasteiger partial charge in [0.15, 0.2) is 0 Å². The van der Waals surface area contributed by atoms with Gasteiger partial charge in [0.1, 0.15) is 11.9 Å². The molecule has 1 saturated carbocycles. The van der Waals surface area contributed by atoms with Gasteiger partial charge in [-0.15, -0.1) is 11.6 Å². The average Bonchev–Trinajstić information content (AvgIpc) is 2.79. The van der Waals surface area contributed by atoms with Crippen LogP contribution in [0.4, 0.5) is 0 Å². The highest BCUT2D eigenvalue weighted by Gasteiger charge is 2.34. The van der Waals surface area contributed by atoms with Crippen LogP contribution < -0.4 is 5.32 Å². The quantitative estimate of drug-likeness (QED) is 0.537. The molecule has 3 rings (SSSR count). The molecular formula is C25H30Cl2N2O2. The lowest BCUT2D eigenvalue weighted by atomic mass is 9.85. The van der Waals surface area contributed by atoms with Gasteiger partial charge in [0.2, 0.25) is 11.8 Å². The minimum atomic E-state index is -0.821. The van der Waals surface area contributed by atoms with Gasteiger partial charge in [-0.05, 0) is 36.8 Å². The molecule has 2 amide bonds. The van der Waals surface area contributed by atoms with E-state index in [2.05, 4.69) is 12.2 Å². The number of hydrogen-bond acceptors (Lipinski definition) is 2. The molecule has 0 bridgehead atoms. The van der Waals surface area contributed by atoms with E-state index in [1.165, 1.54) is 6.42 Å². The molecule has 2 aromatic carbocycles. The molecule has 1 fully saturated rings. The van der Waals surface area contributed by atoms with Crippen molar-refractivity contribution in [1.29, 1.82) is 0 Å². The zero-order valence-corrected chi connectivity index (χ0v) is 19.4. The van der Waals surface area contributed by atoms with Crippen LogP contribution in [0.2, 0.25) is 5.02 Å². The highest BCUT2D eigenvalue weighted by atomic mass is 35.5. The first-order chi connectivity index (χ1) is 15.0. The zero-order valence-electron chi connectivity index (χ0n) is 17.9. The smallest absolute Gasteiger partial charge is 0.247 e. The minimum absolute atomic E-state index is 0.105. The number of alkyl halides is 1. The van der Waals surface area contributed by atoms with Crippen molar-refractivity contribution in [2.24, 2.45) is 5.92 Å². The summed E-state index contributed by atoms with van der Waals surface area (Å²) in [7, 11) is 0. The summed E-state index contributed by atoms with van der Waals surface area (Å²) in [6.45, 7) is 2.55. The van der Waals surface area contributed by atoms with Gasteiger partial charge < -0.3 is 10.2 Å². The molecule has 4 nitrogen and oxygen atoms in total. The second-order valence-corrected chi connectivity index (χ2v) is 8.93. The molecule has 0 unspecified atom stereocenters. The molecule has 1 aliphatic carbocycles. The summed E-state index contributed by atoms with van der Waals surface area (Å²) >= 11 is 12.5. The second kappa shape index (κ2) is 11.5. The number of nitrogens with zero attached hydrogens (tertiary/aromatic N) is 1. The Morgan fingerprint density at radius 3 is 2.42 bits per heavy atom. The van der Waals surface area contributed by atoms with Crippen molar-refractivity contribution in [1.82, 2.24) is 10.2 Å². The standard InChI is InChI=1S/C25H30Cl2N2O2/c1-18-9-5-8-14-22(18)28-25(31)24(20-12-6-7-13-21(20)27)29(23(30)17-26)16-15-19-10-3-2-4-11-19/h2-4,6-7,10-13,18,22,24H,5,8-9,14-17H2,1H3,(H,28,31)/t18-,22+,24-/m1/s1. The van der Waals surface area contributed by atoms with Crippen LogP contribution in [0.15, 0.2) is 54.6 Å². The molecule has 0 heterocycles. The number of nitrogens with one attached hydrogen (secondary N) is 1. The normalized spacial score (nSPS) is 19.5. The first-order valence-corrected chi connectivity index (χ1v) is 11.9. The number of amides is 2. The lowest BCUT2D eigenvalue weighted by Crippen LogP contribution is -2.49. The number of halogens is 2. The summed E-state index contributed by atoms with van der Waals surface area (Å²) in [5.41, 5.74) is 1.71. The summed E-state index contributed by atoms with van der Waals surface area (Å²) < 4.78 is 0. The summed E-state index contributed by atoms with van der Waals surface area (Å²) in [5, 5.41) is 3.68. The van der Waals surface area contributed by atoms with Gasteiger partial charge in [-0.25, -0.2) is 0 Å². The van der Waals surface area contributed by atoms with Crippen LogP contribution in [0.25, 0.3) is 0 Å². The maximum absolute atomic E-state index is 13.6. The first kappa shape index (κ1) is 23.6. The van der Waals surface area contributed by atoms with E-state index in [-0.39, 0.29) is 23.7 Å². The molecular weight excluding hydrogens is 431 g/mol. The Morgan fingerprint density at radius 1 is 1.06 bits per heavy atom. The van der Waals surface area contributed by atoms with E-state index in [0.29, 0.717) is 29.5 Å². The molecule has 0 radical (unpaired) electrons. The highest BCUT2D eigenvalue weighted by molar-refractivity contribution is 6.31. The molecule has 3 atom stereocenters. The molecule has 2 aromatic rings. The molecule has 1 N–H and O–H groups in total. The summed E-state index contributed by atoms with van der Waals surface area (Å²) in [6, 6.07) is 16.4. The lowest BCUT2D eigenvalue weighted by Gasteiger charge is -2.35. The lowest BCUT2D eigenvalue weighted by molar-refractivity contribution is -0.139. The van der Waals surface area contributed by atoms with E-state index in [1.54, 1.807) is 11.0 Å². The molecule has 0 spiro atoms. The van der Waals surface area contributed by atoms with Crippen molar-refractivity contribution in [3.63, 3.8) is 0 Å². The monoisotopic (exact) mass is 460 g/mol. The summed E-state index contributed by atoms with van der Waals surface area (Å²) in [5.74, 6) is -0.262. The Hall–Kier alpha value is -2.04. The van der Waals surface area contributed by atoms with Gasteiger partial charge >= 0.3 is 0 Å². The molecule has 0 saturated heterocycles. The SMILES string of the molecule is C[C@@H]1CCCC[C@@H]1NC(=O)[C@@H](c1ccccc1Cl)N(CCc1ccccc1)C(=O)CCl. The Labute approximate surface area is 194 Å². The molecule has 31 heavy (non-hydrogen) atoms. The van der Waals surface area contributed by atoms with Gasteiger partial charge in [-0.3, -0.25) is 9.59 Å². The van der Waals surface area contributed by atoms with Crippen molar-refractivity contribution in [2.75, 3.05) is 12.4 Å². The second-order valence-electron chi connectivity index (χ2n) is 8.26. The third-order valence-electron chi connectivity index (χ3n) is 6.12. The summed E-state index contributed by atoms with van der Waals surface area (Å²) in [6.07, 6.45) is 4.97. The van der Waals surface area contributed by atoms with Gasteiger partial charge in [0, 0.05) is 23.2 Å². The van der Waals surface area contributed by atoms with Gasteiger partial charge in [0.25, 0.3) is 0 Å². The predicted octanol–water partition coefficient (Wildman–Crippen LogP) is 5.39. The molecule has 1 aliphatic rings. The average molecular weight is 461 g/mol. The topological polar surface area (TPSA) is 49.4 Å². The fourth-order valence-electron chi connectivity index (χ4n) is 4.31. The molecule has 0 aliphatic heterocycles. The van der Waals surface area contributed by atoms with Crippen molar-refractivity contribution in [3.05, 3.63) is 70.7 Å². The number of hydrogen-bond donors (Lipinski definition) is 1. The van der Waals surface area contributed by atoms with Crippen molar-refractivity contribution in [3.8, 4) is 0 Å². The van der Waals surface area contributed by atoms with E-state index in [1.807, 2.05) is 48.5 Å². The van der Waals surface area contributed by atoms with Crippen LogP contribution in [-0.2, 0) is 16.0 Å². The number of rotatable bonds is 8. The maximum Gasteiger partial charge on any atom is 0.247 e. The predicted molar refractivity (Wildman–Crippen MR) is 126 cm³/mol. The van der Waals surface area contributed by atoms with Crippen LogP contribution in [-0.4, -0.2) is 35.2 Å². The highest BCUT2D eigenvalue weighted by Crippen LogP contribution is 2.30. The van der Waals surface area contributed by atoms with E-state index < -0.39 is 6.04 Å². The fourth-order valence-corrected chi connectivity index (χ4v) is 4.70. The number of benzene rings is 2. The van der Waals surface area contributed by atoms with E-state index >= 15 is 0 Å². The van der Waals surface area contributed by atoms with Crippen molar-refractivity contribution < 1.29 is 9.59 Å². The largest absolute Gasteiger partial charge is 0.351 e. The molecule has 6 heteroatoms. The van der Waals surface area contributed by atoms with E-state index in [9.17, 15) is 9.59 Å². The third kappa shape index (κ3) is 6.24. The Morgan fingerprint density at radius 2 is 1.74 bits per heavy atom. The maximum atomic E-state index is 13.6. The Kier molecular flexibility index (Phi) is 8.79. The zero-order chi connectivity index (χ0) is 22.2. The van der Waals surface area contributed by atoms with Gasteiger partial charge in [-0.1, -0.05) is 79.9 Å². The van der Waals surface area contributed by atoms with Crippen LogP contribution >= 0.6 is 23.2 Å². The van der Waals surface area contributed by atoms with Crippen LogP contribution in [0, 0.1) is 5.92 Å². The number of carbonyl (C=O) groups excluding carboxylic acids is 2. The molecule has 166 valence electrons. The van der Waals surface area contributed by atoms with Crippen LogP contribution in [0.1, 0.15) is 49.8 Å². The first-order valence-electron chi connectivity index (χ1n) is 11.0. The van der Waals surface area contributed by atoms with Crippen LogP contribution in [0.3, 0.4) is 0 Å². The van der Waals surface area contributed by atoms with Gasteiger partial charge in [-0.2, -0.15) is 0 Å². The number of carbonyl (C=O) groups is 2. The fraction of sp³-hybridized carbons (Fsp3) is 0.440. The Balaban J connectivity index is 1.90. The third-order valence-corrected chi connectivity index (χ3v) is 6.69. The van der Waals surface area contributed by atoms with E-state index in [4.69, 9.17) is 23.2 Å². The van der Waals surface area contributed by atoms with Crippen LogP contribution in [0.5, 0.6) is 0 Å². The summed E-state index contributed by atoms with van der Waals surface area (Å²) in [4.78, 5) is 28.0. The molecule has 0 aromatic heterocycles. The van der Waals surface area contributed by atoms with E-state index in [0.717, 1.165) is 24.8 Å². The van der Waals surface area contributed by atoms with Crippen molar-refractivity contribution in [2.45, 2.75) is 51.1 Å². The Bertz CT molecular complexity index is 875. The van der Waals surface area contributed by atoms with Gasteiger partial charge in [0.05, 0.1) is 0 Å².